The molecule has 1 saturated heterocycles. The predicted octanol–water partition coefficient (Wildman–Crippen LogP) is 2.80. The molecule has 0 unspecified atom stereocenters. The number of aromatic nitrogens is 1. The number of carbonyl (C=O) groups excluding carboxylic acids is 1. The Balaban J connectivity index is 1.58. The smallest absolute Gasteiger partial charge is 0.221 e. The first-order chi connectivity index (χ1) is 12.1. The van der Waals surface area contributed by atoms with E-state index in [0.717, 1.165) is 55.4 Å². The van der Waals surface area contributed by atoms with Crippen LogP contribution >= 0.6 is 22.6 Å². The predicted molar refractivity (Wildman–Crippen MR) is 106 cm³/mol. The van der Waals surface area contributed by atoms with Gasteiger partial charge >= 0.3 is 0 Å². The number of nitrogens with zero attached hydrogens (tertiary/aromatic N) is 4. The maximum absolute atomic E-state index is 11.1. The highest BCUT2D eigenvalue weighted by Gasteiger charge is 2.17. The van der Waals surface area contributed by atoms with Gasteiger partial charge in [0, 0.05) is 50.4 Å². The second kappa shape index (κ2) is 8.43. The van der Waals surface area contributed by atoms with Gasteiger partial charge in [-0.05, 0) is 34.7 Å². The van der Waals surface area contributed by atoms with E-state index in [1.807, 2.05) is 30.3 Å². The number of anilines is 1. The van der Waals surface area contributed by atoms with Crippen LogP contribution in [0.25, 0.3) is 11.3 Å². The van der Waals surface area contributed by atoms with Crippen LogP contribution in [0.3, 0.4) is 0 Å². The summed E-state index contributed by atoms with van der Waals surface area (Å²) in [5.41, 5.74) is 2.54. The van der Waals surface area contributed by atoms with Gasteiger partial charge in [0.1, 0.15) is 5.69 Å². The van der Waals surface area contributed by atoms with Crippen molar-refractivity contribution in [3.8, 4) is 11.3 Å². The van der Waals surface area contributed by atoms with Gasteiger partial charge in [0.2, 0.25) is 5.91 Å². The summed E-state index contributed by atoms with van der Waals surface area (Å²) < 4.78 is 7.28. The van der Waals surface area contributed by atoms with Crippen LogP contribution in [0.15, 0.2) is 40.0 Å². The fourth-order valence-corrected chi connectivity index (χ4v) is 3.10. The molecular weight excluding hydrogens is 433 g/mol. The van der Waals surface area contributed by atoms with Crippen molar-refractivity contribution in [2.45, 2.75) is 13.5 Å². The second-order valence-corrected chi connectivity index (χ2v) is 6.44. The summed E-state index contributed by atoms with van der Waals surface area (Å²) in [5, 5.41) is 13.3. The van der Waals surface area contributed by atoms with Crippen LogP contribution in [0, 0.1) is 0 Å². The van der Waals surface area contributed by atoms with E-state index in [2.05, 4.69) is 48.1 Å². The van der Waals surface area contributed by atoms with Gasteiger partial charge in [-0.2, -0.15) is 5.10 Å². The van der Waals surface area contributed by atoms with Gasteiger partial charge in [-0.25, -0.2) is 0 Å². The van der Waals surface area contributed by atoms with Crippen LogP contribution in [-0.4, -0.2) is 51.4 Å². The van der Waals surface area contributed by atoms with E-state index in [4.69, 9.17) is 4.52 Å². The van der Waals surface area contributed by atoms with Gasteiger partial charge in [0.15, 0.2) is 5.76 Å². The van der Waals surface area contributed by atoms with Crippen molar-refractivity contribution in [2.75, 3.05) is 31.5 Å². The van der Waals surface area contributed by atoms with Crippen LogP contribution < -0.4 is 5.32 Å². The van der Waals surface area contributed by atoms with Crippen LogP contribution in [0.4, 0.5) is 5.69 Å². The highest BCUT2D eigenvalue weighted by Crippen LogP contribution is 2.22. The van der Waals surface area contributed by atoms with Gasteiger partial charge in [0.05, 0.1) is 10.8 Å². The summed E-state index contributed by atoms with van der Waals surface area (Å²) in [4.78, 5) is 13.4. The largest absolute Gasteiger partial charge is 0.359 e. The van der Waals surface area contributed by atoms with Crippen molar-refractivity contribution in [3.05, 3.63) is 36.1 Å². The Labute approximate surface area is 160 Å². The van der Waals surface area contributed by atoms with Crippen molar-refractivity contribution in [1.29, 1.82) is 0 Å². The van der Waals surface area contributed by atoms with E-state index >= 15 is 0 Å². The molecule has 0 spiro atoms. The van der Waals surface area contributed by atoms with E-state index in [0.29, 0.717) is 0 Å². The zero-order chi connectivity index (χ0) is 17.6. The number of carbonyl (C=O) groups is 1. The van der Waals surface area contributed by atoms with Crippen molar-refractivity contribution >= 4 is 38.4 Å². The third kappa shape index (κ3) is 5.02. The molecule has 0 bridgehead atoms. The number of amides is 1. The molecule has 2 aromatic rings. The third-order valence-corrected chi connectivity index (χ3v) is 4.24. The number of benzene rings is 1. The molecular formula is C17H20IN5O2. The Morgan fingerprint density at radius 1 is 1.32 bits per heavy atom. The molecule has 8 heteroatoms. The zero-order valence-corrected chi connectivity index (χ0v) is 16.1. The molecule has 1 aliphatic rings. The fourth-order valence-electron chi connectivity index (χ4n) is 2.74. The molecule has 1 aliphatic heterocycles. The third-order valence-electron chi connectivity index (χ3n) is 4.00. The Morgan fingerprint density at radius 2 is 2.04 bits per heavy atom. The highest BCUT2D eigenvalue weighted by atomic mass is 127. The molecule has 2 heterocycles. The van der Waals surface area contributed by atoms with E-state index in [9.17, 15) is 4.79 Å². The summed E-state index contributed by atoms with van der Waals surface area (Å²) >= 11 is 2.14. The van der Waals surface area contributed by atoms with Crippen molar-refractivity contribution in [3.63, 3.8) is 0 Å². The molecule has 7 nitrogen and oxygen atoms in total. The maximum atomic E-state index is 11.1. The van der Waals surface area contributed by atoms with Crippen LogP contribution in [0.2, 0.25) is 0 Å². The standard InChI is InChI=1S/C17H20IN5O2/c1-13(24)20-15-4-2-14(3-5-15)17-10-16(25-21-17)11-22-6-8-23(9-7-22)19-12-18/h2-5,10,12H,6-9,11H2,1H3,(H,20,24). The quantitative estimate of drug-likeness (QED) is 0.557. The molecule has 1 aromatic carbocycles. The Morgan fingerprint density at radius 3 is 2.68 bits per heavy atom. The number of rotatable bonds is 5. The van der Waals surface area contributed by atoms with Gasteiger partial charge < -0.3 is 9.84 Å². The minimum absolute atomic E-state index is 0.0826. The molecule has 0 radical (unpaired) electrons. The summed E-state index contributed by atoms with van der Waals surface area (Å²) in [7, 11) is 0. The lowest BCUT2D eigenvalue weighted by Crippen LogP contribution is -2.43. The van der Waals surface area contributed by atoms with Gasteiger partial charge in [-0.15, -0.1) is 0 Å². The minimum atomic E-state index is -0.0826. The number of halogens is 1. The number of piperazine rings is 1. The highest BCUT2D eigenvalue weighted by molar-refractivity contribution is 14.1. The molecule has 0 atom stereocenters. The number of nitrogens with one attached hydrogen (secondary N) is 1. The normalized spacial score (nSPS) is 15.7. The minimum Gasteiger partial charge on any atom is -0.359 e. The average Bonchev–Trinajstić information content (AvgIpc) is 3.05. The van der Waals surface area contributed by atoms with Crippen molar-refractivity contribution in [1.82, 2.24) is 15.1 Å². The van der Waals surface area contributed by atoms with Gasteiger partial charge in [0.25, 0.3) is 0 Å². The SMILES string of the molecule is CC(=O)Nc1ccc(-c2cc(CN3CCN(N=CI)CC3)on2)cc1. The molecule has 3 rings (SSSR count). The average molecular weight is 453 g/mol. The van der Waals surface area contributed by atoms with Gasteiger partial charge in [-0.1, -0.05) is 17.3 Å². The van der Waals surface area contributed by atoms with Crippen LogP contribution in [0.1, 0.15) is 12.7 Å². The Bertz CT molecular complexity index is 736. The van der Waals surface area contributed by atoms with E-state index in [1.165, 1.54) is 6.92 Å². The lowest BCUT2D eigenvalue weighted by molar-refractivity contribution is -0.114. The van der Waals surface area contributed by atoms with Crippen LogP contribution in [-0.2, 0) is 11.3 Å². The maximum Gasteiger partial charge on any atom is 0.221 e. The Kier molecular flexibility index (Phi) is 6.03. The first kappa shape index (κ1) is 17.9. The zero-order valence-electron chi connectivity index (χ0n) is 14.0. The molecule has 1 N–H and O–H groups in total. The second-order valence-electron chi connectivity index (χ2n) is 5.88. The topological polar surface area (TPSA) is 74.0 Å². The molecule has 132 valence electrons. The molecule has 1 aromatic heterocycles. The summed E-state index contributed by atoms with van der Waals surface area (Å²) in [5.74, 6) is 0.771. The Hall–Kier alpha value is -1.94. The first-order valence-electron chi connectivity index (χ1n) is 8.07. The number of hydrogen-bond acceptors (Lipinski definition) is 6. The lowest BCUT2D eigenvalue weighted by atomic mass is 10.1. The molecule has 0 saturated carbocycles. The summed E-state index contributed by atoms with van der Waals surface area (Å²) in [6.07, 6.45) is 0. The van der Waals surface area contributed by atoms with Gasteiger partial charge in [-0.3, -0.25) is 14.7 Å². The van der Waals surface area contributed by atoms with E-state index in [-0.39, 0.29) is 5.91 Å². The fraction of sp³-hybridized carbons (Fsp3) is 0.353. The van der Waals surface area contributed by atoms with Crippen LogP contribution in [0.5, 0.6) is 0 Å². The molecule has 25 heavy (non-hydrogen) atoms. The van der Waals surface area contributed by atoms with Crippen molar-refractivity contribution in [2.24, 2.45) is 5.10 Å². The van der Waals surface area contributed by atoms with E-state index in [1.54, 1.807) is 4.22 Å². The lowest BCUT2D eigenvalue weighted by Gasteiger charge is -2.32. The number of hydrazone groups is 1. The molecule has 1 amide bonds. The van der Waals surface area contributed by atoms with Crippen molar-refractivity contribution < 1.29 is 9.32 Å². The summed E-state index contributed by atoms with van der Waals surface area (Å²) in [6, 6.07) is 9.54. The summed E-state index contributed by atoms with van der Waals surface area (Å²) in [6.45, 7) is 5.99. The number of hydrogen-bond donors (Lipinski definition) is 1. The molecule has 0 aliphatic carbocycles. The first-order valence-corrected chi connectivity index (χ1v) is 9.32. The molecule has 1 fully saturated rings. The monoisotopic (exact) mass is 453 g/mol. The van der Waals surface area contributed by atoms with E-state index < -0.39 is 0 Å².